The Balaban J connectivity index is 2.77. The predicted molar refractivity (Wildman–Crippen MR) is 90.5 cm³/mol. The number of carbonyl (C=O) groups is 2. The second-order valence-corrected chi connectivity index (χ2v) is 7.42. The molecule has 0 unspecified atom stereocenters. The van der Waals surface area contributed by atoms with Gasteiger partial charge in [-0.1, -0.05) is 23.2 Å². The second kappa shape index (κ2) is 8.66. The Morgan fingerprint density at radius 3 is 2.38 bits per heavy atom. The molecule has 0 aliphatic carbocycles. The van der Waals surface area contributed by atoms with Gasteiger partial charge < -0.3 is 10.1 Å². The SMILES string of the molecule is CCNC(=O)[C@@H](C)OC(=O)[C@H](C)NS(=O)(=O)c1ccc(Cl)c(Cl)c1. The number of rotatable bonds is 7. The lowest BCUT2D eigenvalue weighted by Gasteiger charge is -2.17. The number of amides is 1. The summed E-state index contributed by atoms with van der Waals surface area (Å²) in [5.41, 5.74) is 0. The molecule has 0 spiro atoms. The van der Waals surface area contributed by atoms with E-state index in [1.807, 2.05) is 0 Å². The summed E-state index contributed by atoms with van der Waals surface area (Å²) < 4.78 is 31.6. The summed E-state index contributed by atoms with van der Waals surface area (Å²) in [6, 6.07) is 2.56. The third-order valence-electron chi connectivity index (χ3n) is 2.90. The van der Waals surface area contributed by atoms with Gasteiger partial charge in [-0.05, 0) is 39.0 Å². The molecular weight excluding hydrogens is 379 g/mol. The van der Waals surface area contributed by atoms with E-state index in [9.17, 15) is 18.0 Å². The highest BCUT2D eigenvalue weighted by atomic mass is 35.5. The summed E-state index contributed by atoms with van der Waals surface area (Å²) in [6.07, 6.45) is -1.03. The zero-order valence-corrected chi connectivity index (χ0v) is 15.6. The minimum absolute atomic E-state index is 0.0691. The molecule has 2 N–H and O–H groups in total. The number of nitrogens with one attached hydrogen (secondary N) is 2. The number of esters is 1. The van der Waals surface area contributed by atoms with Crippen molar-refractivity contribution in [3.63, 3.8) is 0 Å². The fourth-order valence-electron chi connectivity index (χ4n) is 1.64. The number of sulfonamides is 1. The van der Waals surface area contributed by atoms with Crippen molar-refractivity contribution in [2.45, 2.75) is 37.8 Å². The van der Waals surface area contributed by atoms with E-state index in [4.69, 9.17) is 27.9 Å². The van der Waals surface area contributed by atoms with Gasteiger partial charge in [-0.3, -0.25) is 9.59 Å². The molecule has 0 heterocycles. The van der Waals surface area contributed by atoms with Gasteiger partial charge >= 0.3 is 5.97 Å². The van der Waals surface area contributed by atoms with Crippen LogP contribution in [0.3, 0.4) is 0 Å². The second-order valence-electron chi connectivity index (χ2n) is 4.89. The number of ether oxygens (including phenoxy) is 1. The smallest absolute Gasteiger partial charge is 0.324 e. The molecule has 2 atom stereocenters. The zero-order valence-electron chi connectivity index (χ0n) is 13.3. The van der Waals surface area contributed by atoms with E-state index < -0.39 is 34.0 Å². The number of likely N-dealkylation sites (N-methyl/N-ethyl adjacent to an activating group) is 1. The maximum atomic E-state index is 12.2. The fraction of sp³-hybridized carbons (Fsp3) is 0.429. The minimum Gasteiger partial charge on any atom is -0.451 e. The largest absolute Gasteiger partial charge is 0.451 e. The first-order chi connectivity index (χ1) is 11.1. The molecular formula is C14H18Cl2N2O5S. The Morgan fingerprint density at radius 2 is 1.83 bits per heavy atom. The average Bonchev–Trinajstić information content (AvgIpc) is 2.49. The molecule has 0 fully saturated rings. The van der Waals surface area contributed by atoms with Crippen LogP contribution in [0.1, 0.15) is 20.8 Å². The molecule has 0 aliphatic heterocycles. The molecule has 0 saturated heterocycles. The van der Waals surface area contributed by atoms with Crippen LogP contribution in [0.2, 0.25) is 10.0 Å². The number of benzene rings is 1. The molecule has 0 aromatic heterocycles. The average molecular weight is 397 g/mol. The van der Waals surface area contributed by atoms with Crippen LogP contribution in [0, 0.1) is 0 Å². The minimum atomic E-state index is -4.00. The molecule has 0 radical (unpaired) electrons. The van der Waals surface area contributed by atoms with Gasteiger partial charge in [-0.15, -0.1) is 0 Å². The van der Waals surface area contributed by atoms with Crippen LogP contribution in [-0.2, 0) is 24.3 Å². The molecule has 7 nitrogen and oxygen atoms in total. The summed E-state index contributed by atoms with van der Waals surface area (Å²) in [5.74, 6) is -1.34. The van der Waals surface area contributed by atoms with Crippen molar-refractivity contribution < 1.29 is 22.7 Å². The van der Waals surface area contributed by atoms with E-state index in [1.165, 1.54) is 32.0 Å². The van der Waals surface area contributed by atoms with Gasteiger partial charge in [-0.25, -0.2) is 8.42 Å². The van der Waals surface area contributed by atoms with Gasteiger partial charge in [0.15, 0.2) is 6.10 Å². The van der Waals surface area contributed by atoms with Crippen molar-refractivity contribution in [1.29, 1.82) is 0 Å². The van der Waals surface area contributed by atoms with Crippen molar-refractivity contribution in [2.75, 3.05) is 6.54 Å². The molecule has 0 saturated carbocycles. The number of halogens is 2. The van der Waals surface area contributed by atoms with Gasteiger partial charge in [0.05, 0.1) is 14.9 Å². The highest BCUT2D eigenvalue weighted by Gasteiger charge is 2.26. The van der Waals surface area contributed by atoms with Crippen LogP contribution in [0.25, 0.3) is 0 Å². The highest BCUT2D eigenvalue weighted by Crippen LogP contribution is 2.24. The number of hydrogen-bond acceptors (Lipinski definition) is 5. The summed E-state index contributed by atoms with van der Waals surface area (Å²) in [4.78, 5) is 23.3. The molecule has 0 aliphatic rings. The Kier molecular flexibility index (Phi) is 7.47. The molecule has 24 heavy (non-hydrogen) atoms. The highest BCUT2D eigenvalue weighted by molar-refractivity contribution is 7.89. The first-order valence-corrected chi connectivity index (χ1v) is 9.28. The van der Waals surface area contributed by atoms with E-state index in [-0.39, 0.29) is 14.9 Å². The van der Waals surface area contributed by atoms with Gasteiger partial charge in [0.1, 0.15) is 6.04 Å². The number of hydrogen-bond donors (Lipinski definition) is 2. The predicted octanol–water partition coefficient (Wildman–Crippen LogP) is 1.73. The summed E-state index contributed by atoms with van der Waals surface area (Å²) in [6.45, 7) is 4.81. The van der Waals surface area contributed by atoms with Crippen LogP contribution < -0.4 is 10.0 Å². The Bertz CT molecular complexity index is 724. The maximum Gasteiger partial charge on any atom is 0.324 e. The van der Waals surface area contributed by atoms with Crippen LogP contribution in [0.4, 0.5) is 0 Å². The van der Waals surface area contributed by atoms with Crippen LogP contribution in [0.15, 0.2) is 23.1 Å². The van der Waals surface area contributed by atoms with E-state index in [1.54, 1.807) is 6.92 Å². The van der Waals surface area contributed by atoms with Gasteiger partial charge in [0, 0.05) is 6.54 Å². The molecule has 10 heteroatoms. The summed E-state index contributed by atoms with van der Waals surface area (Å²) in [7, 11) is -4.00. The van der Waals surface area contributed by atoms with Crippen molar-refractivity contribution in [3.8, 4) is 0 Å². The summed E-state index contributed by atoms with van der Waals surface area (Å²) in [5, 5.41) is 2.77. The quantitative estimate of drug-likeness (QED) is 0.683. The molecule has 1 amide bonds. The van der Waals surface area contributed by atoms with E-state index >= 15 is 0 Å². The van der Waals surface area contributed by atoms with Crippen molar-refractivity contribution >= 4 is 45.1 Å². The molecule has 134 valence electrons. The monoisotopic (exact) mass is 396 g/mol. The first kappa shape index (κ1) is 20.7. The van der Waals surface area contributed by atoms with Crippen LogP contribution in [0.5, 0.6) is 0 Å². The van der Waals surface area contributed by atoms with Gasteiger partial charge in [0.2, 0.25) is 10.0 Å². The standard InChI is InChI=1S/C14H18Cl2N2O5S/c1-4-17-13(19)9(3)23-14(20)8(2)18-24(21,22)10-5-6-11(15)12(16)7-10/h5-9,18H,4H2,1-3H3,(H,17,19)/t8-,9+/m0/s1. The topological polar surface area (TPSA) is 102 Å². The molecule has 0 bridgehead atoms. The third kappa shape index (κ3) is 5.62. The lowest BCUT2D eigenvalue weighted by Crippen LogP contribution is -2.43. The van der Waals surface area contributed by atoms with Crippen LogP contribution in [-0.4, -0.2) is 39.0 Å². The van der Waals surface area contributed by atoms with Crippen molar-refractivity contribution in [2.24, 2.45) is 0 Å². The first-order valence-electron chi connectivity index (χ1n) is 7.04. The maximum absolute atomic E-state index is 12.2. The van der Waals surface area contributed by atoms with Crippen molar-refractivity contribution in [1.82, 2.24) is 10.0 Å². The Morgan fingerprint density at radius 1 is 1.21 bits per heavy atom. The van der Waals surface area contributed by atoms with E-state index in [0.717, 1.165) is 0 Å². The summed E-state index contributed by atoms with van der Waals surface area (Å²) >= 11 is 11.5. The van der Waals surface area contributed by atoms with E-state index in [0.29, 0.717) is 6.54 Å². The lowest BCUT2D eigenvalue weighted by atomic mass is 10.3. The molecule has 1 rings (SSSR count). The fourth-order valence-corrected chi connectivity index (χ4v) is 3.22. The Hall–Kier alpha value is -1.35. The normalized spacial score (nSPS) is 13.9. The molecule has 1 aromatic carbocycles. The van der Waals surface area contributed by atoms with Crippen LogP contribution >= 0.6 is 23.2 Å². The number of carbonyl (C=O) groups excluding carboxylic acids is 2. The van der Waals surface area contributed by atoms with Gasteiger partial charge in [-0.2, -0.15) is 4.72 Å². The Labute approximate surface area is 150 Å². The van der Waals surface area contributed by atoms with Crippen molar-refractivity contribution in [3.05, 3.63) is 28.2 Å². The molecule has 1 aromatic rings. The van der Waals surface area contributed by atoms with Gasteiger partial charge in [0.25, 0.3) is 5.91 Å². The lowest BCUT2D eigenvalue weighted by molar-refractivity contribution is -0.156. The third-order valence-corrected chi connectivity index (χ3v) is 5.18. The zero-order chi connectivity index (χ0) is 18.5. The van der Waals surface area contributed by atoms with E-state index in [2.05, 4.69) is 10.0 Å².